The van der Waals surface area contributed by atoms with Crippen molar-refractivity contribution in [3.05, 3.63) is 18.0 Å². The fourth-order valence-corrected chi connectivity index (χ4v) is 0.603. The number of aliphatic hydroxyl groups excluding tert-OH is 1. The zero-order valence-corrected chi connectivity index (χ0v) is 5.24. The fraction of sp³-hybridized carbons (Fsp3) is 0.500. The highest BCUT2D eigenvalue weighted by molar-refractivity contribution is 4.98. The summed E-state index contributed by atoms with van der Waals surface area (Å²) in [6.45, 7) is 1.89. The van der Waals surface area contributed by atoms with Crippen LogP contribution in [0.2, 0.25) is 0 Å². The number of rotatable bonds is 2. The average Bonchev–Trinajstić information content (AvgIpc) is 2.37. The van der Waals surface area contributed by atoms with E-state index in [2.05, 4.69) is 9.68 Å². The van der Waals surface area contributed by atoms with Crippen LogP contribution in [0.25, 0.3) is 0 Å². The van der Waals surface area contributed by atoms with E-state index in [0.29, 0.717) is 12.1 Å². The summed E-state index contributed by atoms with van der Waals surface area (Å²) in [4.78, 5) is 0. The Morgan fingerprint density at radius 2 is 2.67 bits per heavy atom. The molecule has 1 rings (SSSR count). The second-order valence-corrected chi connectivity index (χ2v) is 1.85. The number of hydrogen-bond acceptors (Lipinski definition) is 3. The first-order valence-corrected chi connectivity index (χ1v) is 2.93. The standard InChI is InChI=1S/C6H9NO2/c1-2-6(8)5-3-4-9-7-5/h3-4,6,8H,2H2,1H3. The monoisotopic (exact) mass is 127 g/mol. The van der Waals surface area contributed by atoms with Crippen molar-refractivity contribution in [3.8, 4) is 0 Å². The normalized spacial score (nSPS) is 13.6. The van der Waals surface area contributed by atoms with Gasteiger partial charge < -0.3 is 9.63 Å². The van der Waals surface area contributed by atoms with Gasteiger partial charge in [-0.25, -0.2) is 0 Å². The SMILES string of the molecule is CCC(O)c1ccon1. The minimum Gasteiger partial charge on any atom is -0.387 e. The van der Waals surface area contributed by atoms with Gasteiger partial charge in [-0.05, 0) is 6.42 Å². The second kappa shape index (κ2) is 2.64. The van der Waals surface area contributed by atoms with E-state index in [-0.39, 0.29) is 0 Å². The van der Waals surface area contributed by atoms with E-state index in [1.807, 2.05) is 6.92 Å². The van der Waals surface area contributed by atoms with E-state index in [9.17, 15) is 0 Å². The molecule has 1 aromatic heterocycles. The Morgan fingerprint density at radius 3 is 3.11 bits per heavy atom. The molecular weight excluding hydrogens is 118 g/mol. The first-order valence-electron chi connectivity index (χ1n) is 2.93. The van der Waals surface area contributed by atoms with Crippen molar-refractivity contribution in [1.82, 2.24) is 5.16 Å². The molecule has 1 N–H and O–H groups in total. The molecule has 0 spiro atoms. The quantitative estimate of drug-likeness (QED) is 0.647. The van der Waals surface area contributed by atoms with Gasteiger partial charge in [0.1, 0.15) is 12.0 Å². The summed E-state index contributed by atoms with van der Waals surface area (Å²) < 4.78 is 4.53. The third-order valence-corrected chi connectivity index (χ3v) is 1.19. The van der Waals surface area contributed by atoms with E-state index < -0.39 is 6.10 Å². The Balaban J connectivity index is 2.65. The summed E-state index contributed by atoms with van der Waals surface area (Å²) in [6.07, 6.45) is 1.66. The van der Waals surface area contributed by atoms with Crippen LogP contribution < -0.4 is 0 Å². The van der Waals surface area contributed by atoms with Crippen molar-refractivity contribution >= 4 is 0 Å². The van der Waals surface area contributed by atoms with Gasteiger partial charge in [0.2, 0.25) is 0 Å². The summed E-state index contributed by atoms with van der Waals surface area (Å²) >= 11 is 0. The van der Waals surface area contributed by atoms with Gasteiger partial charge in [0.05, 0.1) is 6.10 Å². The summed E-state index contributed by atoms with van der Waals surface area (Å²) in [6, 6.07) is 1.66. The molecular formula is C6H9NO2. The lowest BCUT2D eigenvalue weighted by Gasteiger charge is -1.98. The van der Waals surface area contributed by atoms with Crippen molar-refractivity contribution in [3.63, 3.8) is 0 Å². The van der Waals surface area contributed by atoms with Crippen LogP contribution in [0.1, 0.15) is 25.1 Å². The molecule has 0 aromatic carbocycles. The largest absolute Gasteiger partial charge is 0.387 e. The Morgan fingerprint density at radius 1 is 1.89 bits per heavy atom. The van der Waals surface area contributed by atoms with Gasteiger partial charge in [-0.15, -0.1) is 0 Å². The molecule has 1 heterocycles. The van der Waals surface area contributed by atoms with Crippen LogP contribution >= 0.6 is 0 Å². The van der Waals surface area contributed by atoms with Crippen LogP contribution in [-0.2, 0) is 0 Å². The van der Waals surface area contributed by atoms with Gasteiger partial charge in [0.25, 0.3) is 0 Å². The molecule has 0 saturated carbocycles. The van der Waals surface area contributed by atoms with Crippen molar-refractivity contribution in [2.75, 3.05) is 0 Å². The Labute approximate surface area is 53.3 Å². The number of aromatic nitrogens is 1. The summed E-state index contributed by atoms with van der Waals surface area (Å²) in [5, 5.41) is 12.7. The van der Waals surface area contributed by atoms with Crippen LogP contribution in [0.3, 0.4) is 0 Å². The minimum absolute atomic E-state index is 0.469. The van der Waals surface area contributed by atoms with E-state index in [1.54, 1.807) is 6.07 Å². The molecule has 1 unspecified atom stereocenters. The molecule has 50 valence electrons. The van der Waals surface area contributed by atoms with E-state index >= 15 is 0 Å². The van der Waals surface area contributed by atoms with Crippen molar-refractivity contribution in [2.45, 2.75) is 19.4 Å². The zero-order valence-electron chi connectivity index (χ0n) is 5.24. The number of aliphatic hydroxyl groups is 1. The number of nitrogens with zero attached hydrogens (tertiary/aromatic N) is 1. The first kappa shape index (κ1) is 6.29. The van der Waals surface area contributed by atoms with Gasteiger partial charge in [-0.1, -0.05) is 12.1 Å². The predicted octanol–water partition coefficient (Wildman–Crippen LogP) is 1.12. The van der Waals surface area contributed by atoms with Crippen molar-refractivity contribution in [1.29, 1.82) is 0 Å². The highest BCUT2D eigenvalue weighted by Gasteiger charge is 2.05. The molecule has 3 nitrogen and oxygen atoms in total. The third-order valence-electron chi connectivity index (χ3n) is 1.19. The molecule has 0 aliphatic heterocycles. The van der Waals surface area contributed by atoms with Gasteiger partial charge in [-0.2, -0.15) is 0 Å². The lowest BCUT2D eigenvalue weighted by atomic mass is 10.2. The molecule has 0 aliphatic rings. The highest BCUT2D eigenvalue weighted by Crippen LogP contribution is 2.11. The van der Waals surface area contributed by atoms with Crippen LogP contribution in [0.4, 0.5) is 0 Å². The number of hydrogen-bond donors (Lipinski definition) is 1. The average molecular weight is 127 g/mol. The lowest BCUT2D eigenvalue weighted by molar-refractivity contribution is 0.163. The molecule has 1 aromatic rings. The summed E-state index contributed by atoms with van der Waals surface area (Å²) in [5.74, 6) is 0. The highest BCUT2D eigenvalue weighted by atomic mass is 16.5. The molecule has 3 heteroatoms. The first-order chi connectivity index (χ1) is 4.34. The van der Waals surface area contributed by atoms with Crippen LogP contribution in [0, 0.1) is 0 Å². The molecule has 0 aliphatic carbocycles. The molecule has 0 fully saturated rings. The maximum absolute atomic E-state index is 9.10. The Bertz CT molecular complexity index is 160. The molecule has 0 radical (unpaired) electrons. The molecule has 0 bridgehead atoms. The van der Waals surface area contributed by atoms with Gasteiger partial charge in [0.15, 0.2) is 0 Å². The molecule has 0 saturated heterocycles. The van der Waals surface area contributed by atoms with Gasteiger partial charge in [0, 0.05) is 6.07 Å². The molecule has 9 heavy (non-hydrogen) atoms. The van der Waals surface area contributed by atoms with Crippen LogP contribution in [0.15, 0.2) is 16.9 Å². The van der Waals surface area contributed by atoms with Gasteiger partial charge in [-0.3, -0.25) is 0 Å². The van der Waals surface area contributed by atoms with Crippen LogP contribution in [-0.4, -0.2) is 10.3 Å². The topological polar surface area (TPSA) is 46.3 Å². The van der Waals surface area contributed by atoms with E-state index in [4.69, 9.17) is 5.11 Å². The van der Waals surface area contributed by atoms with E-state index in [1.165, 1.54) is 6.26 Å². The zero-order chi connectivity index (χ0) is 6.69. The van der Waals surface area contributed by atoms with Crippen molar-refractivity contribution < 1.29 is 9.63 Å². The maximum Gasteiger partial charge on any atom is 0.124 e. The molecule has 1 atom stereocenters. The van der Waals surface area contributed by atoms with Crippen molar-refractivity contribution in [2.24, 2.45) is 0 Å². The second-order valence-electron chi connectivity index (χ2n) is 1.85. The van der Waals surface area contributed by atoms with E-state index in [0.717, 1.165) is 0 Å². The lowest BCUT2D eigenvalue weighted by Crippen LogP contribution is -1.93. The van der Waals surface area contributed by atoms with Crippen LogP contribution in [0.5, 0.6) is 0 Å². The third kappa shape index (κ3) is 1.29. The minimum atomic E-state index is -0.469. The molecule has 0 amide bonds. The van der Waals surface area contributed by atoms with Gasteiger partial charge >= 0.3 is 0 Å². The Hall–Kier alpha value is -0.830. The maximum atomic E-state index is 9.10. The smallest absolute Gasteiger partial charge is 0.124 e. The Kier molecular flexibility index (Phi) is 1.85. The summed E-state index contributed by atoms with van der Waals surface area (Å²) in [7, 11) is 0. The summed E-state index contributed by atoms with van der Waals surface area (Å²) in [5.41, 5.74) is 0.609. The predicted molar refractivity (Wildman–Crippen MR) is 31.8 cm³/mol. The fourth-order valence-electron chi connectivity index (χ4n) is 0.603.